The quantitative estimate of drug-likeness (QED) is 0.745. The molecule has 0 spiro atoms. The lowest BCUT2D eigenvalue weighted by atomic mass is 10.3. The van der Waals surface area contributed by atoms with Crippen molar-refractivity contribution in [3.63, 3.8) is 0 Å². The Kier molecular flexibility index (Phi) is 2.59. The van der Waals surface area contributed by atoms with Crippen LogP contribution in [0.25, 0.3) is 22.4 Å². The summed E-state index contributed by atoms with van der Waals surface area (Å²) in [7, 11) is 0. The fourth-order valence-electron chi connectivity index (χ4n) is 1.70. The second-order valence-corrected chi connectivity index (χ2v) is 4.65. The van der Waals surface area contributed by atoms with E-state index in [4.69, 9.17) is 0 Å². The van der Waals surface area contributed by atoms with Crippen LogP contribution < -0.4 is 0 Å². The molecule has 0 saturated carbocycles. The van der Waals surface area contributed by atoms with Crippen molar-refractivity contribution in [1.29, 1.82) is 0 Å². The van der Waals surface area contributed by atoms with Crippen LogP contribution in [0.15, 0.2) is 35.1 Å². The van der Waals surface area contributed by atoms with E-state index in [1.807, 2.05) is 0 Å². The molecule has 0 aliphatic heterocycles. The molecule has 0 aliphatic carbocycles. The number of nitrogens with one attached hydrogen (secondary N) is 1. The predicted octanol–water partition coefficient (Wildman–Crippen LogP) is 3.67. The van der Waals surface area contributed by atoms with Gasteiger partial charge in [0.05, 0.1) is 5.52 Å². The first-order valence-electron chi connectivity index (χ1n) is 5.10. The standard InChI is InChI=1S/C12H6BrF2N3/c13-7-3-6(4-16-5-7)12-17-9-2-1-8(14)10(15)11(9)18-12/h1-5H,(H,17,18). The zero-order valence-electron chi connectivity index (χ0n) is 8.92. The molecule has 18 heavy (non-hydrogen) atoms. The summed E-state index contributed by atoms with van der Waals surface area (Å²) in [6, 6.07) is 4.31. The molecule has 2 aromatic heterocycles. The average Bonchev–Trinajstić information content (AvgIpc) is 2.79. The summed E-state index contributed by atoms with van der Waals surface area (Å²) >= 11 is 3.29. The van der Waals surface area contributed by atoms with Crippen molar-refractivity contribution in [3.8, 4) is 11.4 Å². The summed E-state index contributed by atoms with van der Waals surface area (Å²) < 4.78 is 27.4. The summed E-state index contributed by atoms with van der Waals surface area (Å²) in [5, 5.41) is 0. The number of nitrogens with zero attached hydrogens (tertiary/aromatic N) is 2. The molecule has 0 bridgehead atoms. The number of aromatic amines is 1. The van der Waals surface area contributed by atoms with Crippen molar-refractivity contribution in [1.82, 2.24) is 15.0 Å². The minimum atomic E-state index is -0.946. The van der Waals surface area contributed by atoms with Crippen LogP contribution in [-0.2, 0) is 0 Å². The zero-order valence-corrected chi connectivity index (χ0v) is 10.5. The van der Waals surface area contributed by atoms with Crippen LogP contribution in [0.4, 0.5) is 8.78 Å². The number of benzene rings is 1. The number of hydrogen-bond acceptors (Lipinski definition) is 2. The SMILES string of the molecule is Fc1ccc2[nH]c(-c3cncc(Br)c3)nc2c1F. The van der Waals surface area contributed by atoms with E-state index in [9.17, 15) is 8.78 Å². The van der Waals surface area contributed by atoms with Crippen LogP contribution in [0, 0.1) is 11.6 Å². The zero-order chi connectivity index (χ0) is 12.7. The summed E-state index contributed by atoms with van der Waals surface area (Å²) in [5.41, 5.74) is 1.13. The van der Waals surface area contributed by atoms with Gasteiger partial charge in [-0.1, -0.05) is 0 Å². The molecular weight excluding hydrogens is 304 g/mol. The first-order valence-corrected chi connectivity index (χ1v) is 5.89. The Morgan fingerprint density at radius 2 is 2.00 bits per heavy atom. The van der Waals surface area contributed by atoms with Gasteiger partial charge in [0.25, 0.3) is 0 Å². The van der Waals surface area contributed by atoms with Gasteiger partial charge >= 0.3 is 0 Å². The highest BCUT2D eigenvalue weighted by atomic mass is 79.9. The molecule has 0 amide bonds. The molecule has 0 saturated heterocycles. The molecule has 0 radical (unpaired) electrons. The third kappa shape index (κ3) is 1.78. The van der Waals surface area contributed by atoms with Gasteiger partial charge in [-0.2, -0.15) is 0 Å². The van der Waals surface area contributed by atoms with Crippen molar-refractivity contribution in [2.24, 2.45) is 0 Å². The minimum Gasteiger partial charge on any atom is -0.338 e. The maximum absolute atomic E-state index is 13.5. The fourth-order valence-corrected chi connectivity index (χ4v) is 2.06. The van der Waals surface area contributed by atoms with Crippen molar-refractivity contribution in [2.45, 2.75) is 0 Å². The maximum atomic E-state index is 13.5. The Hall–Kier alpha value is -1.82. The Morgan fingerprint density at radius 1 is 1.17 bits per heavy atom. The van der Waals surface area contributed by atoms with Gasteiger partial charge in [-0.25, -0.2) is 13.8 Å². The number of hydrogen-bond donors (Lipinski definition) is 1. The molecule has 0 fully saturated rings. The van der Waals surface area contributed by atoms with Gasteiger partial charge in [0.2, 0.25) is 0 Å². The third-order valence-corrected chi connectivity index (χ3v) is 2.96. The molecule has 1 N–H and O–H groups in total. The Balaban J connectivity index is 2.23. The molecule has 2 heterocycles. The highest BCUT2D eigenvalue weighted by Crippen LogP contribution is 2.24. The van der Waals surface area contributed by atoms with Crippen molar-refractivity contribution in [2.75, 3.05) is 0 Å². The van der Waals surface area contributed by atoms with E-state index in [-0.39, 0.29) is 5.52 Å². The lowest BCUT2D eigenvalue weighted by Gasteiger charge is -1.95. The van der Waals surface area contributed by atoms with E-state index in [1.165, 1.54) is 6.07 Å². The normalized spacial score (nSPS) is 11.1. The van der Waals surface area contributed by atoms with Crippen LogP contribution >= 0.6 is 15.9 Å². The third-order valence-electron chi connectivity index (χ3n) is 2.52. The molecule has 1 aromatic carbocycles. The Labute approximate surface area is 109 Å². The average molecular weight is 310 g/mol. The monoisotopic (exact) mass is 309 g/mol. The Bertz CT molecular complexity index is 739. The summed E-state index contributed by atoms with van der Waals surface area (Å²) in [6.45, 7) is 0. The second-order valence-electron chi connectivity index (χ2n) is 3.73. The first kappa shape index (κ1) is 11.3. The van der Waals surface area contributed by atoms with Gasteiger partial charge in [0, 0.05) is 22.4 Å². The van der Waals surface area contributed by atoms with Crippen LogP contribution in [-0.4, -0.2) is 15.0 Å². The molecular formula is C12H6BrF2N3. The van der Waals surface area contributed by atoms with Crippen LogP contribution in [0.3, 0.4) is 0 Å². The van der Waals surface area contributed by atoms with Gasteiger partial charge in [0.1, 0.15) is 11.3 Å². The summed E-state index contributed by atoms with van der Waals surface area (Å²) in [4.78, 5) is 11.0. The summed E-state index contributed by atoms with van der Waals surface area (Å²) in [5.74, 6) is -1.41. The van der Waals surface area contributed by atoms with Crippen LogP contribution in [0.1, 0.15) is 0 Å². The largest absolute Gasteiger partial charge is 0.338 e. The second kappa shape index (κ2) is 4.13. The van der Waals surface area contributed by atoms with E-state index in [0.29, 0.717) is 16.9 Å². The smallest absolute Gasteiger partial charge is 0.186 e. The molecule has 0 atom stereocenters. The number of pyridine rings is 1. The van der Waals surface area contributed by atoms with Gasteiger partial charge in [-0.3, -0.25) is 4.98 Å². The fraction of sp³-hybridized carbons (Fsp3) is 0. The molecule has 0 unspecified atom stereocenters. The van der Waals surface area contributed by atoms with E-state index in [2.05, 4.69) is 30.9 Å². The molecule has 3 aromatic rings. The molecule has 3 rings (SSSR count). The van der Waals surface area contributed by atoms with Crippen LogP contribution in [0.2, 0.25) is 0 Å². The highest BCUT2D eigenvalue weighted by molar-refractivity contribution is 9.10. The van der Waals surface area contributed by atoms with Crippen LogP contribution in [0.5, 0.6) is 0 Å². The number of H-pyrrole nitrogens is 1. The van der Waals surface area contributed by atoms with Gasteiger partial charge < -0.3 is 4.98 Å². The van der Waals surface area contributed by atoms with Crippen molar-refractivity contribution < 1.29 is 8.78 Å². The van der Waals surface area contributed by atoms with Crippen molar-refractivity contribution >= 4 is 27.0 Å². The number of aromatic nitrogens is 3. The maximum Gasteiger partial charge on any atom is 0.186 e. The topological polar surface area (TPSA) is 41.6 Å². The van der Waals surface area contributed by atoms with Crippen molar-refractivity contribution in [3.05, 3.63) is 46.7 Å². The number of imidazole rings is 1. The molecule has 3 nitrogen and oxygen atoms in total. The lowest BCUT2D eigenvalue weighted by Crippen LogP contribution is -1.84. The molecule has 0 aliphatic rings. The number of fused-ring (bicyclic) bond motifs is 1. The van der Waals surface area contributed by atoms with E-state index >= 15 is 0 Å². The van der Waals surface area contributed by atoms with E-state index < -0.39 is 11.6 Å². The molecule has 90 valence electrons. The van der Waals surface area contributed by atoms with E-state index in [0.717, 1.165) is 10.5 Å². The summed E-state index contributed by atoms with van der Waals surface area (Å²) in [6.07, 6.45) is 3.23. The predicted molar refractivity (Wildman–Crippen MR) is 66.9 cm³/mol. The Morgan fingerprint density at radius 3 is 2.78 bits per heavy atom. The molecule has 6 heteroatoms. The minimum absolute atomic E-state index is 0.00928. The van der Waals surface area contributed by atoms with Gasteiger partial charge in [0.15, 0.2) is 11.6 Å². The highest BCUT2D eigenvalue weighted by Gasteiger charge is 2.12. The van der Waals surface area contributed by atoms with Gasteiger partial charge in [-0.15, -0.1) is 0 Å². The number of rotatable bonds is 1. The van der Waals surface area contributed by atoms with Gasteiger partial charge in [-0.05, 0) is 34.1 Å². The first-order chi connectivity index (χ1) is 8.65. The number of halogens is 3. The van der Waals surface area contributed by atoms with E-state index in [1.54, 1.807) is 18.5 Å². The lowest BCUT2D eigenvalue weighted by molar-refractivity contribution is 0.515.